The van der Waals surface area contributed by atoms with E-state index in [0.717, 1.165) is 0 Å². The summed E-state index contributed by atoms with van der Waals surface area (Å²) in [4.78, 5) is 35.0. The lowest BCUT2D eigenvalue weighted by Crippen LogP contribution is -2.41. The molecular formula is C17H19NO6. The predicted molar refractivity (Wildman–Crippen MR) is 87.1 cm³/mol. The minimum absolute atomic E-state index is 0.0128. The van der Waals surface area contributed by atoms with E-state index >= 15 is 0 Å². The number of nitrogens with one attached hydrogen (secondary N) is 1. The number of aromatic hydroxyl groups is 1. The summed E-state index contributed by atoms with van der Waals surface area (Å²) in [5.74, 6) is -1.60. The maximum Gasteiger partial charge on any atom is 0.336 e. The highest BCUT2D eigenvalue weighted by Crippen LogP contribution is 2.27. The van der Waals surface area contributed by atoms with Crippen molar-refractivity contribution < 1.29 is 24.2 Å². The molecule has 2 aromatic rings. The van der Waals surface area contributed by atoms with E-state index in [1.54, 1.807) is 13.0 Å². The molecule has 24 heavy (non-hydrogen) atoms. The van der Waals surface area contributed by atoms with Crippen molar-refractivity contribution >= 4 is 22.8 Å². The van der Waals surface area contributed by atoms with E-state index in [1.165, 1.54) is 12.1 Å². The molecule has 0 bridgehead atoms. The Morgan fingerprint density at radius 1 is 1.33 bits per heavy atom. The van der Waals surface area contributed by atoms with Crippen molar-refractivity contribution in [3.05, 3.63) is 39.7 Å². The van der Waals surface area contributed by atoms with Crippen LogP contribution in [0.3, 0.4) is 0 Å². The Bertz CT molecular complexity index is 839. The lowest BCUT2D eigenvalue weighted by Gasteiger charge is -2.14. The average Bonchev–Trinajstić information content (AvgIpc) is 2.50. The molecule has 0 saturated heterocycles. The first-order valence-corrected chi connectivity index (χ1v) is 7.61. The summed E-state index contributed by atoms with van der Waals surface area (Å²) in [5, 5.41) is 21.8. The Morgan fingerprint density at radius 2 is 2.04 bits per heavy atom. The second kappa shape index (κ2) is 7.16. The molecule has 0 aliphatic rings. The number of aryl methyl sites for hydroxylation is 1. The average molecular weight is 333 g/mol. The van der Waals surface area contributed by atoms with Crippen LogP contribution in [0, 0.1) is 6.92 Å². The molecule has 128 valence electrons. The van der Waals surface area contributed by atoms with Crippen molar-refractivity contribution in [1.82, 2.24) is 5.32 Å². The van der Waals surface area contributed by atoms with E-state index < -0.39 is 23.5 Å². The topological polar surface area (TPSA) is 117 Å². The summed E-state index contributed by atoms with van der Waals surface area (Å²) >= 11 is 0. The number of hydrogen-bond acceptors (Lipinski definition) is 5. The highest BCUT2D eigenvalue weighted by atomic mass is 16.4. The molecule has 1 atom stereocenters. The quantitative estimate of drug-likeness (QED) is 0.693. The van der Waals surface area contributed by atoms with Gasteiger partial charge in [-0.15, -0.1) is 0 Å². The van der Waals surface area contributed by atoms with Gasteiger partial charge in [-0.2, -0.15) is 0 Å². The summed E-state index contributed by atoms with van der Waals surface area (Å²) in [6, 6.07) is 3.26. The molecule has 1 amide bonds. The maximum absolute atomic E-state index is 12.2. The Labute approximate surface area is 137 Å². The third-order valence-electron chi connectivity index (χ3n) is 3.78. The fraction of sp³-hybridized carbons (Fsp3) is 0.353. The highest BCUT2D eigenvalue weighted by molar-refractivity contribution is 5.91. The number of carboxylic acid groups (broad SMARTS) is 1. The largest absolute Gasteiger partial charge is 0.508 e. The van der Waals surface area contributed by atoms with E-state index in [9.17, 15) is 19.5 Å². The Hall–Kier alpha value is -2.83. The molecule has 0 saturated carbocycles. The van der Waals surface area contributed by atoms with Gasteiger partial charge in [0.2, 0.25) is 5.91 Å². The van der Waals surface area contributed by atoms with Crippen LogP contribution in [0.5, 0.6) is 5.75 Å². The van der Waals surface area contributed by atoms with Crippen LogP contribution in [0.1, 0.15) is 30.9 Å². The summed E-state index contributed by atoms with van der Waals surface area (Å²) in [5.41, 5.74) is 0.403. The minimum atomic E-state index is -1.09. The third-order valence-corrected chi connectivity index (χ3v) is 3.78. The maximum atomic E-state index is 12.2. The fourth-order valence-electron chi connectivity index (χ4n) is 2.53. The first-order chi connectivity index (χ1) is 11.3. The van der Waals surface area contributed by atoms with Gasteiger partial charge < -0.3 is 19.9 Å². The number of carbonyl (C=O) groups excluding carboxylic acids is 1. The fourth-order valence-corrected chi connectivity index (χ4v) is 2.53. The predicted octanol–water partition coefficient (Wildman–Crippen LogP) is 1.72. The molecule has 7 heteroatoms. The number of fused-ring (bicyclic) bond motifs is 1. The minimum Gasteiger partial charge on any atom is -0.508 e. The number of carbonyl (C=O) groups is 2. The number of benzene rings is 1. The van der Waals surface area contributed by atoms with Crippen LogP contribution in [0.25, 0.3) is 11.0 Å². The van der Waals surface area contributed by atoms with E-state index in [2.05, 4.69) is 5.32 Å². The molecule has 1 aromatic carbocycles. The molecular weight excluding hydrogens is 314 g/mol. The van der Waals surface area contributed by atoms with Crippen LogP contribution in [-0.2, 0) is 16.0 Å². The zero-order chi connectivity index (χ0) is 17.9. The van der Waals surface area contributed by atoms with Crippen molar-refractivity contribution in [2.75, 3.05) is 0 Å². The first kappa shape index (κ1) is 17.5. The van der Waals surface area contributed by atoms with Gasteiger partial charge in [0.25, 0.3) is 0 Å². The molecule has 0 radical (unpaired) electrons. The van der Waals surface area contributed by atoms with E-state index in [-0.39, 0.29) is 17.8 Å². The molecule has 0 aliphatic heterocycles. The van der Waals surface area contributed by atoms with Crippen molar-refractivity contribution in [3.8, 4) is 5.75 Å². The number of phenolic OH excluding ortho intramolecular Hbond substituents is 1. The number of amides is 1. The lowest BCUT2D eigenvalue weighted by molar-refractivity contribution is -0.141. The van der Waals surface area contributed by atoms with Gasteiger partial charge in [0.05, 0.1) is 6.42 Å². The molecule has 1 aromatic heterocycles. The molecule has 0 fully saturated rings. The standard InChI is InChI=1S/C17H19NO6/c1-3-4-12(17(22)23)18-14(20)7-10-8-15(21)24-16-9(2)13(19)6-5-11(10)16/h5-6,8,12,19H,3-4,7H2,1-2H3,(H,18,20)(H,22,23)/t12-/m0/s1. The monoisotopic (exact) mass is 333 g/mol. The van der Waals surface area contributed by atoms with Gasteiger partial charge in [0.15, 0.2) is 0 Å². The van der Waals surface area contributed by atoms with Gasteiger partial charge in [-0.3, -0.25) is 4.79 Å². The van der Waals surface area contributed by atoms with Crippen LogP contribution >= 0.6 is 0 Å². The molecule has 7 nitrogen and oxygen atoms in total. The summed E-state index contributed by atoms with van der Waals surface area (Å²) in [7, 11) is 0. The van der Waals surface area contributed by atoms with Gasteiger partial charge in [-0.1, -0.05) is 13.3 Å². The number of carboxylic acids is 1. The summed E-state index contributed by atoms with van der Waals surface area (Å²) in [6.45, 7) is 3.43. The number of rotatable bonds is 6. The van der Waals surface area contributed by atoms with E-state index in [4.69, 9.17) is 9.52 Å². The third kappa shape index (κ3) is 3.73. The van der Waals surface area contributed by atoms with Crippen LogP contribution in [0.4, 0.5) is 0 Å². The zero-order valence-electron chi connectivity index (χ0n) is 13.5. The van der Waals surface area contributed by atoms with Gasteiger partial charge in [-0.05, 0) is 31.0 Å². The van der Waals surface area contributed by atoms with Crippen molar-refractivity contribution in [3.63, 3.8) is 0 Å². The SMILES string of the molecule is CCC[C@H](NC(=O)Cc1cc(=O)oc2c(C)c(O)ccc12)C(=O)O. The van der Waals surface area contributed by atoms with Crippen LogP contribution in [0.2, 0.25) is 0 Å². The molecule has 1 heterocycles. The van der Waals surface area contributed by atoms with Crippen LogP contribution in [0.15, 0.2) is 27.4 Å². The second-order valence-electron chi connectivity index (χ2n) is 5.60. The summed E-state index contributed by atoms with van der Waals surface area (Å²) < 4.78 is 5.11. The number of hydrogen-bond donors (Lipinski definition) is 3. The van der Waals surface area contributed by atoms with Crippen LogP contribution in [-0.4, -0.2) is 28.1 Å². The Balaban J connectivity index is 2.33. The molecule has 0 unspecified atom stereocenters. The number of aliphatic carboxylic acids is 1. The Morgan fingerprint density at radius 3 is 2.67 bits per heavy atom. The lowest BCUT2D eigenvalue weighted by atomic mass is 10.0. The number of phenols is 1. The second-order valence-corrected chi connectivity index (χ2v) is 5.60. The molecule has 2 rings (SSSR count). The first-order valence-electron chi connectivity index (χ1n) is 7.61. The molecule has 0 spiro atoms. The normalized spacial score (nSPS) is 12.1. The molecule has 3 N–H and O–H groups in total. The Kier molecular flexibility index (Phi) is 5.23. The van der Waals surface area contributed by atoms with E-state index in [1.807, 2.05) is 6.92 Å². The van der Waals surface area contributed by atoms with Crippen molar-refractivity contribution in [1.29, 1.82) is 0 Å². The molecule has 0 aliphatic carbocycles. The summed E-state index contributed by atoms with van der Waals surface area (Å²) in [6.07, 6.45) is 0.791. The smallest absolute Gasteiger partial charge is 0.336 e. The van der Waals surface area contributed by atoms with Gasteiger partial charge in [-0.25, -0.2) is 9.59 Å². The van der Waals surface area contributed by atoms with Crippen molar-refractivity contribution in [2.24, 2.45) is 0 Å². The zero-order valence-corrected chi connectivity index (χ0v) is 13.5. The van der Waals surface area contributed by atoms with Gasteiger partial charge in [0, 0.05) is 17.0 Å². The van der Waals surface area contributed by atoms with Gasteiger partial charge in [0.1, 0.15) is 17.4 Å². The van der Waals surface area contributed by atoms with E-state index in [0.29, 0.717) is 29.4 Å². The van der Waals surface area contributed by atoms with Crippen LogP contribution < -0.4 is 10.9 Å². The van der Waals surface area contributed by atoms with Crippen molar-refractivity contribution in [2.45, 2.75) is 39.2 Å². The van der Waals surface area contributed by atoms with Gasteiger partial charge >= 0.3 is 11.6 Å². The highest BCUT2D eigenvalue weighted by Gasteiger charge is 2.20.